The van der Waals surface area contributed by atoms with Crippen molar-refractivity contribution >= 4 is 10.0 Å². The van der Waals surface area contributed by atoms with Gasteiger partial charge in [0.15, 0.2) is 0 Å². The van der Waals surface area contributed by atoms with Gasteiger partial charge in [-0.25, -0.2) is 17.5 Å². The molecule has 0 fully saturated rings. The highest BCUT2D eigenvalue weighted by Crippen LogP contribution is 2.19. The average molecular weight is 304 g/mol. The number of benzene rings is 1. The fraction of sp³-hybridized carbons (Fsp3) is 0.538. The van der Waals surface area contributed by atoms with E-state index >= 15 is 0 Å². The van der Waals surface area contributed by atoms with Gasteiger partial charge in [0.2, 0.25) is 10.0 Å². The van der Waals surface area contributed by atoms with E-state index in [-0.39, 0.29) is 24.2 Å². The van der Waals surface area contributed by atoms with E-state index < -0.39 is 10.0 Å². The number of nitrogens with one attached hydrogen (secondary N) is 1. The summed E-state index contributed by atoms with van der Waals surface area (Å²) >= 11 is 0. The fourth-order valence-electron chi connectivity index (χ4n) is 1.98. The maximum Gasteiger partial charge on any atom is 0.211 e. The second-order valence-corrected chi connectivity index (χ2v) is 6.66. The Balaban J connectivity index is 2.62. The van der Waals surface area contributed by atoms with Gasteiger partial charge < -0.3 is 5.11 Å². The number of rotatable bonds is 8. The van der Waals surface area contributed by atoms with Gasteiger partial charge in [0.1, 0.15) is 5.82 Å². The average Bonchev–Trinajstić information content (AvgIpc) is 2.39. The summed E-state index contributed by atoms with van der Waals surface area (Å²) in [5.74, 6) is -0.332. The molecule has 7 heteroatoms. The highest BCUT2D eigenvalue weighted by molar-refractivity contribution is 7.89. The van der Waals surface area contributed by atoms with Gasteiger partial charge in [-0.15, -0.1) is 0 Å². The minimum atomic E-state index is -3.22. The van der Waals surface area contributed by atoms with Crippen molar-refractivity contribution in [3.63, 3.8) is 0 Å². The van der Waals surface area contributed by atoms with Crippen molar-refractivity contribution in [3.05, 3.63) is 35.6 Å². The Labute approximate surface area is 119 Å². The summed E-state index contributed by atoms with van der Waals surface area (Å²) in [5, 5.41) is 9.45. The summed E-state index contributed by atoms with van der Waals surface area (Å²) in [6, 6.07) is 5.71. The van der Waals surface area contributed by atoms with Crippen molar-refractivity contribution < 1.29 is 17.9 Å². The summed E-state index contributed by atoms with van der Waals surface area (Å²) in [6.07, 6.45) is 0.436. The molecular formula is C13H21FN2O3S. The molecule has 0 unspecified atom stereocenters. The van der Waals surface area contributed by atoms with Crippen LogP contribution < -0.4 is 4.72 Å². The molecule has 0 aliphatic heterocycles. The van der Waals surface area contributed by atoms with Crippen molar-refractivity contribution in [3.8, 4) is 0 Å². The third-order valence-electron chi connectivity index (χ3n) is 3.17. The zero-order valence-electron chi connectivity index (χ0n) is 11.7. The molecule has 0 heterocycles. The third kappa shape index (κ3) is 5.16. The van der Waals surface area contributed by atoms with Crippen molar-refractivity contribution in [2.24, 2.45) is 0 Å². The van der Waals surface area contributed by atoms with Gasteiger partial charge in [-0.05, 0) is 44.8 Å². The molecule has 0 saturated heterocycles. The Morgan fingerprint density at radius 2 is 2.15 bits per heavy atom. The van der Waals surface area contributed by atoms with Crippen LogP contribution in [-0.4, -0.2) is 51.4 Å². The first-order valence-corrected chi connectivity index (χ1v) is 8.02. The van der Waals surface area contributed by atoms with Crippen LogP contribution in [0.5, 0.6) is 0 Å². The Kier molecular flexibility index (Phi) is 6.54. The van der Waals surface area contributed by atoms with Crippen molar-refractivity contribution in [1.82, 2.24) is 9.62 Å². The van der Waals surface area contributed by atoms with Gasteiger partial charge in [0, 0.05) is 0 Å². The van der Waals surface area contributed by atoms with Crippen LogP contribution in [-0.2, 0) is 10.0 Å². The number of aliphatic hydroxyl groups excluding tert-OH is 1. The van der Waals surface area contributed by atoms with E-state index in [0.29, 0.717) is 18.5 Å². The molecule has 2 N–H and O–H groups in total. The monoisotopic (exact) mass is 304 g/mol. The number of sulfonamides is 1. The SMILES string of the molecule is CNS(=O)(=O)CCCN(C)[C@@H](CO)c1cccc(F)c1. The maximum atomic E-state index is 13.2. The van der Waals surface area contributed by atoms with E-state index in [1.807, 2.05) is 4.90 Å². The highest BCUT2D eigenvalue weighted by atomic mass is 32.2. The highest BCUT2D eigenvalue weighted by Gasteiger charge is 2.17. The van der Waals surface area contributed by atoms with E-state index in [0.717, 1.165) is 0 Å². The molecule has 0 amide bonds. The lowest BCUT2D eigenvalue weighted by Crippen LogP contribution is -2.30. The quantitative estimate of drug-likeness (QED) is 0.743. The molecule has 0 aromatic heterocycles. The standard InChI is InChI=1S/C13H21FN2O3S/c1-15-20(18,19)8-4-7-16(2)13(10-17)11-5-3-6-12(14)9-11/h3,5-6,9,13,15,17H,4,7-8,10H2,1-2H3/t13-/m0/s1. The van der Waals surface area contributed by atoms with Crippen LogP contribution in [0.3, 0.4) is 0 Å². The van der Waals surface area contributed by atoms with Crippen molar-refractivity contribution in [2.75, 3.05) is 33.0 Å². The normalized spacial score (nSPS) is 13.7. The van der Waals surface area contributed by atoms with E-state index in [2.05, 4.69) is 4.72 Å². The summed E-state index contributed by atoms with van der Waals surface area (Å²) < 4.78 is 38.1. The van der Waals surface area contributed by atoms with Crippen LogP contribution in [0.15, 0.2) is 24.3 Å². The second-order valence-electron chi connectivity index (χ2n) is 4.61. The van der Waals surface area contributed by atoms with E-state index in [1.165, 1.54) is 19.2 Å². The van der Waals surface area contributed by atoms with Gasteiger partial charge >= 0.3 is 0 Å². The minimum absolute atomic E-state index is 0.0230. The molecule has 0 saturated carbocycles. The maximum absolute atomic E-state index is 13.2. The number of hydrogen-bond donors (Lipinski definition) is 2. The molecule has 0 radical (unpaired) electrons. The first-order chi connectivity index (χ1) is 9.39. The lowest BCUT2D eigenvalue weighted by atomic mass is 10.1. The molecular weight excluding hydrogens is 283 g/mol. The number of likely N-dealkylation sites (N-methyl/N-ethyl adjacent to an activating group) is 1. The predicted octanol–water partition coefficient (Wildman–Crippen LogP) is 0.730. The Hall–Kier alpha value is -1.02. The molecule has 0 aliphatic rings. The summed E-state index contributed by atoms with van der Waals surface area (Å²) in [6.45, 7) is 0.335. The Morgan fingerprint density at radius 1 is 1.45 bits per heavy atom. The van der Waals surface area contributed by atoms with Crippen LogP contribution >= 0.6 is 0 Å². The molecule has 0 bridgehead atoms. The number of hydrogen-bond acceptors (Lipinski definition) is 4. The summed E-state index contributed by atoms with van der Waals surface area (Å²) in [5.41, 5.74) is 0.673. The van der Waals surface area contributed by atoms with Crippen LogP contribution in [0.25, 0.3) is 0 Å². The van der Waals surface area contributed by atoms with E-state index in [1.54, 1.807) is 19.2 Å². The third-order valence-corrected chi connectivity index (χ3v) is 4.62. The Bertz CT molecular complexity index is 522. The molecule has 114 valence electrons. The minimum Gasteiger partial charge on any atom is -0.394 e. The molecule has 20 heavy (non-hydrogen) atoms. The Morgan fingerprint density at radius 3 is 2.70 bits per heavy atom. The van der Waals surface area contributed by atoms with Gasteiger partial charge in [0.25, 0.3) is 0 Å². The zero-order valence-corrected chi connectivity index (χ0v) is 12.5. The fourth-order valence-corrected chi connectivity index (χ4v) is 2.69. The molecule has 1 rings (SSSR count). The number of aliphatic hydroxyl groups is 1. The van der Waals surface area contributed by atoms with Crippen LogP contribution in [0, 0.1) is 5.82 Å². The second kappa shape index (κ2) is 7.68. The topological polar surface area (TPSA) is 69.6 Å². The summed E-state index contributed by atoms with van der Waals surface area (Å²) in [7, 11) is -0.0652. The molecule has 1 aromatic rings. The van der Waals surface area contributed by atoms with Gasteiger partial charge in [-0.1, -0.05) is 12.1 Å². The van der Waals surface area contributed by atoms with Gasteiger partial charge in [-0.3, -0.25) is 4.90 Å². The van der Waals surface area contributed by atoms with Gasteiger partial charge in [0.05, 0.1) is 18.4 Å². The van der Waals surface area contributed by atoms with Crippen LogP contribution in [0.2, 0.25) is 0 Å². The predicted molar refractivity (Wildman–Crippen MR) is 76.3 cm³/mol. The van der Waals surface area contributed by atoms with Crippen LogP contribution in [0.1, 0.15) is 18.0 Å². The number of halogens is 1. The van der Waals surface area contributed by atoms with Crippen molar-refractivity contribution in [1.29, 1.82) is 0 Å². The largest absolute Gasteiger partial charge is 0.394 e. The molecule has 0 spiro atoms. The molecule has 1 atom stereocenters. The van der Waals surface area contributed by atoms with Crippen LogP contribution in [0.4, 0.5) is 4.39 Å². The van der Waals surface area contributed by atoms with Crippen molar-refractivity contribution in [2.45, 2.75) is 12.5 Å². The lowest BCUT2D eigenvalue weighted by molar-refractivity contribution is 0.148. The molecule has 1 aromatic carbocycles. The smallest absolute Gasteiger partial charge is 0.211 e. The molecule has 0 aliphatic carbocycles. The first-order valence-electron chi connectivity index (χ1n) is 6.37. The molecule has 5 nitrogen and oxygen atoms in total. The number of nitrogens with zero attached hydrogens (tertiary/aromatic N) is 1. The zero-order chi connectivity index (χ0) is 15.2. The van der Waals surface area contributed by atoms with Gasteiger partial charge in [-0.2, -0.15) is 0 Å². The summed E-state index contributed by atoms with van der Waals surface area (Å²) in [4.78, 5) is 1.82. The van der Waals surface area contributed by atoms with E-state index in [4.69, 9.17) is 0 Å². The lowest BCUT2D eigenvalue weighted by Gasteiger charge is -2.26. The van der Waals surface area contributed by atoms with E-state index in [9.17, 15) is 17.9 Å². The first kappa shape index (κ1) is 17.0.